The van der Waals surface area contributed by atoms with Crippen molar-refractivity contribution < 1.29 is 9.53 Å². The predicted octanol–water partition coefficient (Wildman–Crippen LogP) is 0.493. The molecule has 0 bridgehead atoms. The number of amides is 1. The Morgan fingerprint density at radius 3 is 3.19 bits per heavy atom. The molecule has 0 spiro atoms. The second-order valence-electron chi connectivity index (χ2n) is 4.16. The fourth-order valence-corrected chi connectivity index (χ4v) is 2.29. The van der Waals surface area contributed by atoms with Crippen LogP contribution in [0.4, 0.5) is 0 Å². The predicted molar refractivity (Wildman–Crippen MR) is 59.6 cm³/mol. The molecule has 1 saturated heterocycles. The van der Waals surface area contributed by atoms with Crippen molar-refractivity contribution in [3.63, 3.8) is 0 Å². The first kappa shape index (κ1) is 9.66. The van der Waals surface area contributed by atoms with Crippen LogP contribution in [0.3, 0.4) is 0 Å². The molecule has 1 N–H and O–H groups in total. The van der Waals surface area contributed by atoms with Crippen LogP contribution in [-0.2, 0) is 0 Å². The van der Waals surface area contributed by atoms with Crippen molar-refractivity contribution in [2.75, 3.05) is 26.2 Å². The van der Waals surface area contributed by atoms with E-state index in [1.54, 1.807) is 0 Å². The van der Waals surface area contributed by atoms with Crippen LogP contribution in [0.25, 0.3) is 0 Å². The summed E-state index contributed by atoms with van der Waals surface area (Å²) in [6, 6.07) is 7.63. The number of nitrogens with one attached hydrogen (secondary N) is 1. The molecule has 3 rings (SSSR count). The van der Waals surface area contributed by atoms with Crippen LogP contribution in [0.1, 0.15) is 10.4 Å². The minimum absolute atomic E-state index is 0.0969. The number of para-hydroxylation sites is 1. The molecule has 1 atom stereocenters. The van der Waals surface area contributed by atoms with Crippen LogP contribution in [-0.4, -0.2) is 43.1 Å². The van der Waals surface area contributed by atoms with E-state index < -0.39 is 0 Å². The molecule has 4 nitrogen and oxygen atoms in total. The summed E-state index contributed by atoms with van der Waals surface area (Å²) < 4.78 is 5.69. The van der Waals surface area contributed by atoms with Gasteiger partial charge in [-0.2, -0.15) is 0 Å². The Morgan fingerprint density at radius 2 is 2.25 bits per heavy atom. The summed E-state index contributed by atoms with van der Waals surface area (Å²) in [5.74, 6) is 0.807. The summed E-state index contributed by atoms with van der Waals surface area (Å²) in [6.07, 6.45) is 0. The zero-order chi connectivity index (χ0) is 11.0. The van der Waals surface area contributed by atoms with Gasteiger partial charge in [-0.05, 0) is 12.1 Å². The molecule has 1 unspecified atom stereocenters. The second-order valence-corrected chi connectivity index (χ2v) is 4.16. The Balaban J connectivity index is 1.99. The molecule has 0 radical (unpaired) electrons. The molecule has 2 aliphatic heterocycles. The first-order valence-electron chi connectivity index (χ1n) is 5.60. The summed E-state index contributed by atoms with van der Waals surface area (Å²) in [4.78, 5) is 14.2. The number of hydrogen-bond donors (Lipinski definition) is 1. The highest BCUT2D eigenvalue weighted by atomic mass is 16.5. The first-order valence-corrected chi connectivity index (χ1v) is 5.60. The Kier molecular flexibility index (Phi) is 2.29. The molecule has 0 aliphatic carbocycles. The topological polar surface area (TPSA) is 41.6 Å². The Bertz CT molecular complexity index is 419. The highest BCUT2D eigenvalue weighted by Crippen LogP contribution is 2.25. The molecule has 0 saturated carbocycles. The van der Waals surface area contributed by atoms with E-state index >= 15 is 0 Å². The third kappa shape index (κ3) is 1.46. The lowest BCUT2D eigenvalue weighted by Crippen LogP contribution is -2.54. The molecule has 1 aromatic carbocycles. The maximum absolute atomic E-state index is 12.3. The highest BCUT2D eigenvalue weighted by Gasteiger charge is 2.32. The lowest BCUT2D eigenvalue weighted by Gasteiger charge is -2.33. The smallest absolute Gasteiger partial charge is 0.258 e. The Hall–Kier alpha value is -1.55. The molecular weight excluding hydrogens is 204 g/mol. The average molecular weight is 218 g/mol. The molecule has 1 aromatic rings. The lowest BCUT2D eigenvalue weighted by molar-refractivity contribution is 0.0606. The van der Waals surface area contributed by atoms with E-state index in [2.05, 4.69) is 5.32 Å². The third-order valence-corrected chi connectivity index (χ3v) is 3.16. The third-order valence-electron chi connectivity index (χ3n) is 3.16. The van der Waals surface area contributed by atoms with Gasteiger partial charge in [-0.3, -0.25) is 4.79 Å². The van der Waals surface area contributed by atoms with Crippen molar-refractivity contribution in [1.82, 2.24) is 10.2 Å². The van der Waals surface area contributed by atoms with Gasteiger partial charge >= 0.3 is 0 Å². The molecule has 2 aliphatic rings. The molecule has 4 heteroatoms. The fourth-order valence-electron chi connectivity index (χ4n) is 2.29. The van der Waals surface area contributed by atoms with Crippen LogP contribution in [0.5, 0.6) is 5.75 Å². The fraction of sp³-hybridized carbons (Fsp3) is 0.417. The van der Waals surface area contributed by atoms with Crippen LogP contribution < -0.4 is 10.1 Å². The molecule has 2 heterocycles. The van der Waals surface area contributed by atoms with Gasteiger partial charge in [0.2, 0.25) is 0 Å². The Labute approximate surface area is 94.2 Å². The van der Waals surface area contributed by atoms with Gasteiger partial charge < -0.3 is 15.0 Å². The molecule has 16 heavy (non-hydrogen) atoms. The van der Waals surface area contributed by atoms with Gasteiger partial charge in [-0.25, -0.2) is 0 Å². The molecule has 84 valence electrons. The number of rotatable bonds is 0. The van der Waals surface area contributed by atoms with Crippen LogP contribution in [0.2, 0.25) is 0 Å². The maximum Gasteiger partial charge on any atom is 0.258 e. The summed E-state index contributed by atoms with van der Waals surface area (Å²) >= 11 is 0. The van der Waals surface area contributed by atoms with Gasteiger partial charge in [0.25, 0.3) is 5.91 Å². The number of hydrogen-bond acceptors (Lipinski definition) is 3. The standard InChI is InChI=1S/C12H14N2O2/c15-12-10-3-1-2-4-11(10)16-8-9-7-13-5-6-14(9)12/h1-4,9,13H,5-8H2. The molecule has 0 aromatic heterocycles. The van der Waals surface area contributed by atoms with Gasteiger partial charge in [0.1, 0.15) is 12.4 Å². The largest absolute Gasteiger partial charge is 0.491 e. The van der Waals surface area contributed by atoms with E-state index in [1.165, 1.54) is 0 Å². The number of benzene rings is 1. The van der Waals surface area contributed by atoms with Gasteiger partial charge in [0.05, 0.1) is 11.6 Å². The number of piperazine rings is 1. The van der Waals surface area contributed by atoms with Crippen LogP contribution in [0, 0.1) is 0 Å². The molecule has 1 fully saturated rings. The lowest BCUT2D eigenvalue weighted by atomic mass is 10.1. The van der Waals surface area contributed by atoms with Crippen molar-refractivity contribution in [1.29, 1.82) is 0 Å². The van der Waals surface area contributed by atoms with E-state index in [0.717, 1.165) is 19.6 Å². The number of carbonyl (C=O) groups excluding carboxylic acids is 1. The van der Waals surface area contributed by atoms with Gasteiger partial charge in [0.15, 0.2) is 0 Å². The molecule has 1 amide bonds. The van der Waals surface area contributed by atoms with Crippen molar-refractivity contribution in [3.05, 3.63) is 29.8 Å². The minimum atomic E-state index is 0.0969. The summed E-state index contributed by atoms with van der Waals surface area (Å²) in [7, 11) is 0. The monoisotopic (exact) mass is 218 g/mol. The van der Waals surface area contributed by atoms with Gasteiger partial charge in [-0.15, -0.1) is 0 Å². The maximum atomic E-state index is 12.3. The number of nitrogens with zero attached hydrogens (tertiary/aromatic N) is 1. The van der Waals surface area contributed by atoms with E-state index in [-0.39, 0.29) is 11.9 Å². The average Bonchev–Trinajstić information content (AvgIpc) is 2.49. The normalized spacial score (nSPS) is 24.1. The van der Waals surface area contributed by atoms with Crippen molar-refractivity contribution >= 4 is 5.91 Å². The number of fused-ring (bicyclic) bond motifs is 2. The summed E-state index contributed by atoms with van der Waals surface area (Å²) in [5.41, 5.74) is 0.687. The van der Waals surface area contributed by atoms with Crippen LogP contribution in [0.15, 0.2) is 24.3 Å². The number of carbonyl (C=O) groups is 1. The SMILES string of the molecule is O=C1c2ccccc2OCC2CNCCN12. The zero-order valence-electron chi connectivity index (χ0n) is 8.98. The summed E-state index contributed by atoms with van der Waals surface area (Å²) in [5, 5.41) is 3.29. The first-order chi connectivity index (χ1) is 7.86. The van der Waals surface area contributed by atoms with Crippen molar-refractivity contribution in [2.24, 2.45) is 0 Å². The second kappa shape index (κ2) is 3.79. The van der Waals surface area contributed by atoms with E-state index in [4.69, 9.17) is 4.74 Å². The van der Waals surface area contributed by atoms with Crippen molar-refractivity contribution in [2.45, 2.75) is 6.04 Å². The Morgan fingerprint density at radius 1 is 1.38 bits per heavy atom. The molecular formula is C12H14N2O2. The zero-order valence-corrected chi connectivity index (χ0v) is 8.98. The van der Waals surface area contributed by atoms with E-state index in [1.807, 2.05) is 29.2 Å². The quantitative estimate of drug-likeness (QED) is 0.689. The van der Waals surface area contributed by atoms with E-state index in [9.17, 15) is 4.79 Å². The van der Waals surface area contributed by atoms with Crippen molar-refractivity contribution in [3.8, 4) is 5.75 Å². The van der Waals surface area contributed by atoms with Gasteiger partial charge in [-0.1, -0.05) is 12.1 Å². The van der Waals surface area contributed by atoms with Crippen LogP contribution >= 0.6 is 0 Å². The minimum Gasteiger partial charge on any atom is -0.491 e. The van der Waals surface area contributed by atoms with E-state index in [0.29, 0.717) is 17.9 Å². The van der Waals surface area contributed by atoms with Gasteiger partial charge in [0, 0.05) is 19.6 Å². The summed E-state index contributed by atoms with van der Waals surface area (Å²) in [6.45, 7) is 3.03. The highest BCUT2D eigenvalue weighted by molar-refractivity contribution is 5.97. The number of ether oxygens (including phenoxy) is 1.